The highest BCUT2D eigenvalue weighted by Crippen LogP contribution is 2.20. The minimum atomic E-state index is -0.0750. The fourth-order valence-electron chi connectivity index (χ4n) is 2.27. The molecule has 19 heavy (non-hydrogen) atoms. The minimum absolute atomic E-state index is 0.0694. The summed E-state index contributed by atoms with van der Waals surface area (Å²) in [7, 11) is 0. The van der Waals surface area contributed by atoms with Gasteiger partial charge in [-0.1, -0.05) is 13.0 Å². The second-order valence-corrected chi connectivity index (χ2v) is 5.93. The van der Waals surface area contributed by atoms with E-state index in [0.717, 1.165) is 13.0 Å². The maximum Gasteiger partial charge on any atom is 0.227 e. The second kappa shape index (κ2) is 7.03. The van der Waals surface area contributed by atoms with Crippen LogP contribution in [0.4, 0.5) is 0 Å². The van der Waals surface area contributed by atoms with Gasteiger partial charge in [0.1, 0.15) is 0 Å². The maximum absolute atomic E-state index is 12.3. The lowest BCUT2D eigenvalue weighted by Gasteiger charge is -2.20. The third kappa shape index (κ3) is 3.78. The first kappa shape index (κ1) is 14.5. The van der Waals surface area contributed by atoms with E-state index >= 15 is 0 Å². The Kier molecular flexibility index (Phi) is 5.36. The van der Waals surface area contributed by atoms with E-state index in [1.165, 1.54) is 4.88 Å². The second-order valence-electron chi connectivity index (χ2n) is 4.95. The van der Waals surface area contributed by atoms with Gasteiger partial charge in [-0.3, -0.25) is 4.79 Å². The van der Waals surface area contributed by atoms with Gasteiger partial charge in [-0.15, -0.1) is 11.3 Å². The molecule has 1 aromatic heterocycles. The lowest BCUT2D eigenvalue weighted by atomic mass is 10.0. The van der Waals surface area contributed by atoms with Crippen LogP contribution in [0, 0.1) is 5.92 Å². The van der Waals surface area contributed by atoms with Crippen molar-refractivity contribution in [2.45, 2.75) is 32.4 Å². The zero-order valence-corrected chi connectivity index (χ0v) is 12.3. The van der Waals surface area contributed by atoms with Gasteiger partial charge in [0.25, 0.3) is 0 Å². The van der Waals surface area contributed by atoms with Crippen LogP contribution in [0.5, 0.6) is 0 Å². The molecule has 4 nitrogen and oxygen atoms in total. The van der Waals surface area contributed by atoms with Gasteiger partial charge in [-0.25, -0.2) is 0 Å². The first-order valence-corrected chi connectivity index (χ1v) is 7.75. The van der Waals surface area contributed by atoms with Crippen molar-refractivity contribution >= 4 is 17.2 Å². The highest BCUT2D eigenvalue weighted by atomic mass is 32.1. The van der Waals surface area contributed by atoms with Gasteiger partial charge in [-0.05, 0) is 31.3 Å². The number of amides is 1. The highest BCUT2D eigenvalue weighted by Gasteiger charge is 2.34. The van der Waals surface area contributed by atoms with E-state index in [9.17, 15) is 4.79 Å². The molecule has 1 aromatic rings. The fraction of sp³-hybridized carbons (Fsp3) is 0.643. The topological polar surface area (TPSA) is 50.4 Å². The SMILES string of the molecule is CCCNC1COCC1C(=O)NC(C)c1cccs1. The highest BCUT2D eigenvalue weighted by molar-refractivity contribution is 7.10. The predicted molar refractivity (Wildman–Crippen MR) is 77.3 cm³/mol. The minimum Gasteiger partial charge on any atom is -0.379 e. The largest absolute Gasteiger partial charge is 0.379 e. The zero-order chi connectivity index (χ0) is 13.7. The average molecular weight is 282 g/mol. The summed E-state index contributed by atoms with van der Waals surface area (Å²) in [6.45, 7) is 6.22. The summed E-state index contributed by atoms with van der Waals surface area (Å²) in [5.41, 5.74) is 0. The number of ether oxygens (including phenoxy) is 1. The molecule has 106 valence electrons. The molecule has 1 aliphatic heterocycles. The first-order valence-electron chi connectivity index (χ1n) is 6.87. The Morgan fingerprint density at radius 3 is 3.11 bits per heavy atom. The monoisotopic (exact) mass is 282 g/mol. The molecule has 1 fully saturated rings. The van der Waals surface area contributed by atoms with Crippen LogP contribution in [0.3, 0.4) is 0 Å². The van der Waals surface area contributed by atoms with E-state index in [4.69, 9.17) is 4.74 Å². The van der Waals surface area contributed by atoms with E-state index in [1.54, 1.807) is 11.3 Å². The van der Waals surface area contributed by atoms with Gasteiger partial charge >= 0.3 is 0 Å². The van der Waals surface area contributed by atoms with Crippen molar-refractivity contribution in [1.29, 1.82) is 0 Å². The fourth-order valence-corrected chi connectivity index (χ4v) is 3.01. The number of carbonyl (C=O) groups excluding carboxylic acids is 1. The molecule has 1 saturated heterocycles. The maximum atomic E-state index is 12.3. The number of nitrogens with one attached hydrogen (secondary N) is 2. The molecule has 0 aliphatic carbocycles. The Labute approximate surface area is 118 Å². The van der Waals surface area contributed by atoms with Gasteiger partial charge in [-0.2, -0.15) is 0 Å². The molecule has 0 saturated carbocycles. The Morgan fingerprint density at radius 2 is 2.42 bits per heavy atom. The third-order valence-corrected chi connectivity index (χ3v) is 4.46. The van der Waals surface area contributed by atoms with Gasteiger partial charge in [0.2, 0.25) is 5.91 Å². The Hall–Kier alpha value is -0.910. The van der Waals surface area contributed by atoms with Crippen LogP contribution in [-0.4, -0.2) is 31.7 Å². The van der Waals surface area contributed by atoms with Crippen LogP contribution in [-0.2, 0) is 9.53 Å². The van der Waals surface area contributed by atoms with Crippen molar-refractivity contribution in [3.63, 3.8) is 0 Å². The van der Waals surface area contributed by atoms with Crippen LogP contribution in [0.1, 0.15) is 31.2 Å². The Balaban J connectivity index is 1.88. The number of hydrogen-bond acceptors (Lipinski definition) is 4. The van der Waals surface area contributed by atoms with Crippen molar-refractivity contribution in [2.75, 3.05) is 19.8 Å². The number of thiophene rings is 1. The summed E-state index contributed by atoms with van der Waals surface area (Å²) in [6.07, 6.45) is 1.07. The molecular formula is C14H22N2O2S. The molecule has 3 unspecified atom stereocenters. The smallest absolute Gasteiger partial charge is 0.227 e. The molecule has 0 bridgehead atoms. The van der Waals surface area contributed by atoms with E-state index in [0.29, 0.717) is 13.2 Å². The number of carbonyl (C=O) groups is 1. The average Bonchev–Trinajstić information content (AvgIpc) is 3.07. The Bertz CT molecular complexity index is 394. The molecule has 0 spiro atoms. The summed E-state index contributed by atoms with van der Waals surface area (Å²) in [4.78, 5) is 13.5. The van der Waals surface area contributed by atoms with E-state index in [2.05, 4.69) is 17.6 Å². The molecule has 3 atom stereocenters. The molecule has 0 radical (unpaired) electrons. The van der Waals surface area contributed by atoms with Gasteiger partial charge in [0, 0.05) is 10.9 Å². The van der Waals surface area contributed by atoms with Gasteiger partial charge < -0.3 is 15.4 Å². The third-order valence-electron chi connectivity index (χ3n) is 3.40. The van der Waals surface area contributed by atoms with Crippen molar-refractivity contribution in [3.8, 4) is 0 Å². The zero-order valence-electron chi connectivity index (χ0n) is 11.5. The van der Waals surface area contributed by atoms with Crippen LogP contribution < -0.4 is 10.6 Å². The molecular weight excluding hydrogens is 260 g/mol. The first-order chi connectivity index (χ1) is 9.22. The van der Waals surface area contributed by atoms with Crippen molar-refractivity contribution in [1.82, 2.24) is 10.6 Å². The van der Waals surface area contributed by atoms with Crippen LogP contribution >= 0.6 is 11.3 Å². The van der Waals surface area contributed by atoms with Crippen molar-refractivity contribution in [3.05, 3.63) is 22.4 Å². The number of hydrogen-bond donors (Lipinski definition) is 2. The number of rotatable bonds is 6. The van der Waals surface area contributed by atoms with Gasteiger partial charge in [0.05, 0.1) is 25.2 Å². The van der Waals surface area contributed by atoms with Crippen LogP contribution in [0.2, 0.25) is 0 Å². The van der Waals surface area contributed by atoms with E-state index in [-0.39, 0.29) is 23.9 Å². The summed E-state index contributed by atoms with van der Waals surface area (Å²) < 4.78 is 5.44. The summed E-state index contributed by atoms with van der Waals surface area (Å²) in [5, 5.41) is 8.50. The quantitative estimate of drug-likeness (QED) is 0.838. The van der Waals surface area contributed by atoms with E-state index < -0.39 is 0 Å². The Morgan fingerprint density at radius 1 is 1.58 bits per heavy atom. The normalized spacial score (nSPS) is 24.3. The molecule has 5 heteroatoms. The molecule has 2 N–H and O–H groups in total. The molecule has 1 aliphatic rings. The molecule has 0 aromatic carbocycles. The molecule has 1 amide bonds. The lowest BCUT2D eigenvalue weighted by molar-refractivity contribution is -0.126. The van der Waals surface area contributed by atoms with Crippen molar-refractivity contribution in [2.24, 2.45) is 5.92 Å². The summed E-state index contributed by atoms with van der Waals surface area (Å²) in [6, 6.07) is 4.27. The lowest BCUT2D eigenvalue weighted by Crippen LogP contribution is -2.44. The standard InChI is InChI=1S/C14H22N2O2S/c1-3-6-15-12-9-18-8-11(12)14(17)16-10(2)13-5-4-7-19-13/h4-5,7,10-12,15H,3,6,8-9H2,1-2H3,(H,16,17). The van der Waals surface area contributed by atoms with Crippen LogP contribution in [0.25, 0.3) is 0 Å². The predicted octanol–water partition coefficient (Wildman–Crippen LogP) is 1.94. The molecule has 2 heterocycles. The van der Waals surface area contributed by atoms with Crippen molar-refractivity contribution < 1.29 is 9.53 Å². The van der Waals surface area contributed by atoms with Crippen LogP contribution in [0.15, 0.2) is 17.5 Å². The summed E-state index contributed by atoms with van der Waals surface area (Å²) in [5.74, 6) is 0.0148. The molecule has 2 rings (SSSR count). The van der Waals surface area contributed by atoms with E-state index in [1.807, 2.05) is 24.4 Å². The summed E-state index contributed by atoms with van der Waals surface area (Å²) >= 11 is 1.67. The van der Waals surface area contributed by atoms with Gasteiger partial charge in [0.15, 0.2) is 0 Å².